The Kier molecular flexibility index (Phi) is 14.0. The van der Waals surface area contributed by atoms with Crippen LogP contribution in [-0.2, 0) is 15.1 Å². The number of halogens is 2. The molecule has 3 rings (SSSR count). The third-order valence-corrected chi connectivity index (χ3v) is 2.15. The molecule has 113 valence electrons. The van der Waals surface area contributed by atoms with Crippen molar-refractivity contribution in [3.05, 3.63) is 80.9 Å². The fraction of sp³-hybridized carbons (Fsp3) is 0. The summed E-state index contributed by atoms with van der Waals surface area (Å²) in [6, 6.07) is 11.6. The van der Waals surface area contributed by atoms with Crippen LogP contribution < -0.4 is 0 Å². The van der Waals surface area contributed by atoms with E-state index in [1.807, 2.05) is 68.5 Å². The maximum atomic E-state index is 4.83. The van der Waals surface area contributed by atoms with Crippen molar-refractivity contribution >= 4 is 19.4 Å². The Labute approximate surface area is 142 Å². The summed E-state index contributed by atoms with van der Waals surface area (Å²) in [4.78, 5) is 8.37. The average molecular weight is 413 g/mol. The van der Waals surface area contributed by atoms with Gasteiger partial charge in [-0.3, -0.25) is 9.97 Å². The molecular weight excluding hydrogens is 398 g/mol. The van der Waals surface area contributed by atoms with Gasteiger partial charge >= 0.3 is 34.5 Å². The summed E-state index contributed by atoms with van der Waals surface area (Å²) < 4.78 is 0. The van der Waals surface area contributed by atoms with E-state index in [4.69, 9.17) is 19.4 Å². The SMILES string of the molecule is O.[CH]1[CH][CH][CH][CH]1.[Cl][Rh+][Cl].c1ccc(-c2ccccn2)nc1. The number of nitrogens with zero attached hydrogens (tertiary/aromatic N) is 2. The van der Waals surface area contributed by atoms with Gasteiger partial charge in [0.15, 0.2) is 0 Å². The molecule has 3 nitrogen and oxygen atoms in total. The zero-order valence-electron chi connectivity index (χ0n) is 11.0. The molecule has 0 bridgehead atoms. The van der Waals surface area contributed by atoms with Crippen LogP contribution in [0.4, 0.5) is 0 Å². The van der Waals surface area contributed by atoms with E-state index in [-0.39, 0.29) is 20.6 Å². The van der Waals surface area contributed by atoms with Crippen LogP contribution in [-0.4, -0.2) is 15.4 Å². The van der Waals surface area contributed by atoms with Gasteiger partial charge in [0.05, 0.1) is 11.4 Å². The number of aromatic nitrogens is 2. The standard InChI is InChI=1S/C10H8N2.C5H5.2ClH.H2O.Rh/c1-3-7-11-9(5-1)10-6-2-4-8-12-10;1-2-4-5-3-1;;;;/h1-8H;1-5H;2*1H;1H2;/q;;;;;+3/p-2. The maximum absolute atomic E-state index is 4.83. The Bertz CT molecular complexity index is 397. The van der Waals surface area contributed by atoms with Crippen molar-refractivity contribution in [3.63, 3.8) is 0 Å². The number of hydrogen-bond acceptors (Lipinski definition) is 2. The molecule has 2 heterocycles. The Morgan fingerprint density at radius 2 is 1.00 bits per heavy atom. The van der Waals surface area contributed by atoms with E-state index in [0.717, 1.165) is 11.4 Å². The number of rotatable bonds is 1. The zero-order chi connectivity index (χ0) is 14.5. The minimum Gasteiger partial charge on any atom is -0.255 e. The van der Waals surface area contributed by atoms with Gasteiger partial charge in [0.1, 0.15) is 0 Å². The molecule has 0 atom stereocenters. The molecule has 2 aromatic rings. The second-order valence-corrected chi connectivity index (χ2v) is 5.93. The smallest absolute Gasteiger partial charge is 0.0886 e. The van der Waals surface area contributed by atoms with Gasteiger partial charge in [-0.1, -0.05) is 12.1 Å². The predicted molar refractivity (Wildman–Crippen MR) is 84.3 cm³/mol. The van der Waals surface area contributed by atoms with Crippen molar-refractivity contribution in [3.8, 4) is 11.4 Å². The quantitative estimate of drug-likeness (QED) is 0.670. The normalized spacial score (nSPS) is 12.3. The first-order valence-corrected chi connectivity index (χ1v) is 9.93. The van der Waals surface area contributed by atoms with Gasteiger partial charge in [-0.05, 0) is 56.4 Å². The predicted octanol–water partition coefficient (Wildman–Crippen LogP) is 3.72. The van der Waals surface area contributed by atoms with Crippen LogP contribution in [0.15, 0.2) is 48.8 Å². The third-order valence-electron chi connectivity index (χ3n) is 2.15. The van der Waals surface area contributed by atoms with Gasteiger partial charge in [0.2, 0.25) is 0 Å². The van der Waals surface area contributed by atoms with Crippen LogP contribution in [0.25, 0.3) is 11.4 Å². The van der Waals surface area contributed by atoms with Crippen molar-refractivity contribution in [1.29, 1.82) is 0 Å². The van der Waals surface area contributed by atoms with E-state index < -0.39 is 0 Å². The van der Waals surface area contributed by atoms with E-state index in [0.29, 0.717) is 0 Å². The summed E-state index contributed by atoms with van der Waals surface area (Å²) >= 11 is -0.226. The first-order chi connectivity index (χ1) is 9.88. The third kappa shape index (κ3) is 9.92. The van der Waals surface area contributed by atoms with Crippen molar-refractivity contribution in [2.24, 2.45) is 0 Å². The second-order valence-electron chi connectivity index (χ2n) is 3.44. The summed E-state index contributed by atoms with van der Waals surface area (Å²) in [6.45, 7) is 0. The molecule has 2 aromatic heterocycles. The Balaban J connectivity index is 0.000000374. The van der Waals surface area contributed by atoms with Crippen molar-refractivity contribution in [2.45, 2.75) is 0 Å². The summed E-state index contributed by atoms with van der Waals surface area (Å²) in [5.74, 6) is 0. The van der Waals surface area contributed by atoms with Gasteiger partial charge in [-0.25, -0.2) is 0 Å². The fourth-order valence-corrected chi connectivity index (χ4v) is 1.35. The molecule has 1 fully saturated rings. The monoisotopic (exact) mass is 412 g/mol. The van der Waals surface area contributed by atoms with Crippen LogP contribution >= 0.6 is 19.4 Å². The Morgan fingerprint density at radius 3 is 1.24 bits per heavy atom. The molecule has 0 unspecified atom stereocenters. The molecule has 1 aliphatic carbocycles. The topological polar surface area (TPSA) is 57.3 Å². The molecule has 1 saturated carbocycles. The fourth-order valence-electron chi connectivity index (χ4n) is 1.35. The van der Waals surface area contributed by atoms with Crippen molar-refractivity contribution < 1.29 is 20.6 Å². The summed E-state index contributed by atoms with van der Waals surface area (Å²) in [7, 11) is 9.67. The molecule has 21 heavy (non-hydrogen) atoms. The van der Waals surface area contributed by atoms with E-state index in [1.165, 1.54) is 0 Å². The minimum atomic E-state index is -0.226. The molecule has 2 N–H and O–H groups in total. The Morgan fingerprint density at radius 1 is 0.667 bits per heavy atom. The van der Waals surface area contributed by atoms with E-state index in [1.54, 1.807) is 12.4 Å². The molecular formula is C15H15Cl2N2ORh+. The number of pyridine rings is 2. The molecule has 0 spiro atoms. The van der Waals surface area contributed by atoms with Gasteiger partial charge in [-0.15, -0.1) is 0 Å². The van der Waals surface area contributed by atoms with Crippen molar-refractivity contribution in [2.75, 3.05) is 0 Å². The molecule has 0 aromatic carbocycles. The van der Waals surface area contributed by atoms with Gasteiger partial charge in [0.25, 0.3) is 0 Å². The van der Waals surface area contributed by atoms with Crippen LogP contribution in [0.1, 0.15) is 0 Å². The molecule has 0 aliphatic heterocycles. The maximum Gasteiger partial charge on any atom is 0.0886 e. The summed E-state index contributed by atoms with van der Waals surface area (Å²) in [6.07, 6.45) is 13.5. The van der Waals surface area contributed by atoms with E-state index >= 15 is 0 Å². The van der Waals surface area contributed by atoms with Crippen LogP contribution in [0.5, 0.6) is 0 Å². The molecule has 1 aliphatic rings. The molecule has 0 amide bonds. The second kappa shape index (κ2) is 14.4. The van der Waals surface area contributed by atoms with Crippen molar-refractivity contribution in [1.82, 2.24) is 9.97 Å². The van der Waals surface area contributed by atoms with Crippen LogP contribution in [0.2, 0.25) is 0 Å². The molecule has 6 heteroatoms. The van der Waals surface area contributed by atoms with Gasteiger partial charge in [-0.2, -0.15) is 0 Å². The Hall–Kier alpha value is -0.537. The largest absolute Gasteiger partial charge is 0.255 e. The van der Waals surface area contributed by atoms with Crippen LogP contribution in [0.3, 0.4) is 0 Å². The minimum absolute atomic E-state index is 0. The molecule has 0 saturated heterocycles. The number of hydrogen-bond donors (Lipinski definition) is 0. The summed E-state index contributed by atoms with van der Waals surface area (Å²) in [5, 5.41) is 0. The first-order valence-electron chi connectivity index (χ1n) is 5.71. The molecule has 5 radical (unpaired) electrons. The zero-order valence-corrected chi connectivity index (χ0v) is 14.1. The van der Waals surface area contributed by atoms with Crippen LogP contribution in [0, 0.1) is 32.1 Å². The van der Waals surface area contributed by atoms with Gasteiger partial charge in [0, 0.05) is 12.4 Å². The van der Waals surface area contributed by atoms with E-state index in [2.05, 4.69) is 9.97 Å². The average Bonchev–Trinajstić information content (AvgIpc) is 3.10. The summed E-state index contributed by atoms with van der Waals surface area (Å²) in [5.41, 5.74) is 1.83. The van der Waals surface area contributed by atoms with Gasteiger partial charge < -0.3 is 5.48 Å². The first kappa shape index (κ1) is 20.5. The van der Waals surface area contributed by atoms with E-state index in [9.17, 15) is 0 Å².